The monoisotopic (exact) mass is 160 g/mol. The third-order valence-corrected chi connectivity index (χ3v) is 2.01. The molecule has 0 saturated heterocycles. The average molecular weight is 160 g/mol. The van der Waals surface area contributed by atoms with Gasteiger partial charge in [0.2, 0.25) is 0 Å². The van der Waals surface area contributed by atoms with E-state index in [4.69, 9.17) is 0 Å². The molecule has 0 aromatic heterocycles. The van der Waals surface area contributed by atoms with Crippen LogP contribution in [0.5, 0.6) is 0 Å². The molecule has 0 spiro atoms. The predicted molar refractivity (Wildman–Crippen MR) is 55.1 cm³/mol. The Bertz CT molecular complexity index is 282. The number of benzene rings is 1. The Morgan fingerprint density at radius 3 is 2.75 bits per heavy atom. The van der Waals surface area contributed by atoms with Crippen molar-refractivity contribution in [2.45, 2.75) is 27.2 Å². The molecule has 0 heteroatoms. The van der Waals surface area contributed by atoms with Gasteiger partial charge in [0, 0.05) is 0 Å². The molecule has 0 aliphatic rings. The largest absolute Gasteiger partial charge is 0.0730 e. The minimum absolute atomic E-state index is 1.13. The summed E-state index contributed by atoms with van der Waals surface area (Å²) in [6, 6.07) is 8.58. The second kappa shape index (κ2) is 4.10. The minimum Gasteiger partial charge on any atom is -0.0730 e. The van der Waals surface area contributed by atoms with Crippen LogP contribution in [0.25, 0.3) is 6.08 Å². The van der Waals surface area contributed by atoms with Gasteiger partial charge >= 0.3 is 0 Å². The molecular weight excluding hydrogens is 144 g/mol. The molecule has 1 aromatic carbocycles. The Morgan fingerprint density at radius 2 is 2.17 bits per heavy atom. The zero-order valence-corrected chi connectivity index (χ0v) is 8.09. The van der Waals surface area contributed by atoms with Crippen LogP contribution in [0.2, 0.25) is 0 Å². The van der Waals surface area contributed by atoms with Crippen molar-refractivity contribution in [3.63, 3.8) is 0 Å². The summed E-state index contributed by atoms with van der Waals surface area (Å²) in [6.07, 6.45) is 3.38. The van der Waals surface area contributed by atoms with Gasteiger partial charge in [-0.05, 0) is 25.8 Å². The SMILES string of the molecule is CC/C(C)=C\c1cccc(C)c1. The van der Waals surface area contributed by atoms with E-state index >= 15 is 0 Å². The highest BCUT2D eigenvalue weighted by Gasteiger charge is 1.89. The summed E-state index contributed by atoms with van der Waals surface area (Å²) in [7, 11) is 0. The van der Waals surface area contributed by atoms with Crippen LogP contribution in [0.4, 0.5) is 0 Å². The van der Waals surface area contributed by atoms with Crippen LogP contribution in [0.15, 0.2) is 29.8 Å². The first-order chi connectivity index (χ1) is 5.72. The number of hydrogen-bond acceptors (Lipinski definition) is 0. The van der Waals surface area contributed by atoms with Crippen LogP contribution in [0.1, 0.15) is 31.4 Å². The molecule has 64 valence electrons. The number of allylic oxidation sites excluding steroid dienone is 1. The molecule has 0 aliphatic heterocycles. The van der Waals surface area contributed by atoms with Crippen molar-refractivity contribution >= 4 is 6.08 Å². The smallest absolute Gasteiger partial charge is 0.0255 e. The molecule has 0 fully saturated rings. The Kier molecular flexibility index (Phi) is 3.09. The van der Waals surface area contributed by atoms with E-state index in [1.165, 1.54) is 16.7 Å². The van der Waals surface area contributed by atoms with Crippen LogP contribution in [-0.2, 0) is 0 Å². The molecule has 0 bridgehead atoms. The first-order valence-electron chi connectivity index (χ1n) is 4.46. The maximum atomic E-state index is 2.24. The molecule has 12 heavy (non-hydrogen) atoms. The normalized spacial score (nSPS) is 11.8. The molecule has 0 nitrogen and oxygen atoms in total. The molecule has 0 aliphatic carbocycles. The third kappa shape index (κ3) is 2.54. The van der Waals surface area contributed by atoms with Gasteiger partial charge in [0.25, 0.3) is 0 Å². The van der Waals surface area contributed by atoms with Gasteiger partial charge in [0.05, 0.1) is 0 Å². The van der Waals surface area contributed by atoms with E-state index < -0.39 is 0 Å². The van der Waals surface area contributed by atoms with Crippen molar-refractivity contribution in [3.05, 3.63) is 41.0 Å². The van der Waals surface area contributed by atoms with Crippen molar-refractivity contribution in [1.29, 1.82) is 0 Å². The second-order valence-electron chi connectivity index (χ2n) is 3.26. The summed E-state index contributed by atoms with van der Waals surface area (Å²) in [5, 5.41) is 0. The number of aryl methyl sites for hydroxylation is 1. The van der Waals surface area contributed by atoms with E-state index in [1.54, 1.807) is 0 Å². The van der Waals surface area contributed by atoms with Crippen LogP contribution in [0.3, 0.4) is 0 Å². The summed E-state index contributed by atoms with van der Waals surface area (Å²) in [5.41, 5.74) is 4.07. The van der Waals surface area contributed by atoms with Gasteiger partial charge in [0.1, 0.15) is 0 Å². The Morgan fingerprint density at radius 1 is 1.42 bits per heavy atom. The van der Waals surface area contributed by atoms with Crippen molar-refractivity contribution in [2.75, 3.05) is 0 Å². The van der Waals surface area contributed by atoms with Crippen molar-refractivity contribution in [3.8, 4) is 0 Å². The molecule has 1 aromatic rings. The van der Waals surface area contributed by atoms with E-state index in [0.29, 0.717) is 0 Å². The van der Waals surface area contributed by atoms with E-state index in [-0.39, 0.29) is 0 Å². The van der Waals surface area contributed by atoms with Crippen molar-refractivity contribution in [1.82, 2.24) is 0 Å². The molecule has 0 atom stereocenters. The average Bonchev–Trinajstić information content (AvgIpc) is 2.04. The molecule has 0 amide bonds. The molecule has 0 unspecified atom stereocenters. The van der Waals surface area contributed by atoms with Gasteiger partial charge in [-0.1, -0.05) is 48.4 Å². The van der Waals surface area contributed by atoms with Gasteiger partial charge in [0.15, 0.2) is 0 Å². The zero-order chi connectivity index (χ0) is 8.97. The van der Waals surface area contributed by atoms with Crippen LogP contribution in [0, 0.1) is 6.92 Å². The summed E-state index contributed by atoms with van der Waals surface area (Å²) in [4.78, 5) is 0. The van der Waals surface area contributed by atoms with E-state index in [0.717, 1.165) is 6.42 Å². The highest BCUT2D eigenvalue weighted by atomic mass is 13.9. The Balaban J connectivity index is 2.89. The lowest BCUT2D eigenvalue weighted by Gasteiger charge is -1.98. The zero-order valence-electron chi connectivity index (χ0n) is 8.09. The highest BCUT2D eigenvalue weighted by molar-refractivity contribution is 5.53. The van der Waals surface area contributed by atoms with Gasteiger partial charge in [-0.25, -0.2) is 0 Å². The number of hydrogen-bond donors (Lipinski definition) is 0. The van der Waals surface area contributed by atoms with Crippen molar-refractivity contribution in [2.24, 2.45) is 0 Å². The lowest BCUT2D eigenvalue weighted by Crippen LogP contribution is -1.77. The predicted octanol–water partition coefficient (Wildman–Crippen LogP) is 3.81. The van der Waals surface area contributed by atoms with E-state index in [9.17, 15) is 0 Å². The molecule has 0 radical (unpaired) electrons. The molecule has 0 saturated carbocycles. The summed E-state index contributed by atoms with van der Waals surface area (Å²) in [6.45, 7) is 6.47. The van der Waals surface area contributed by atoms with Crippen molar-refractivity contribution < 1.29 is 0 Å². The lowest BCUT2D eigenvalue weighted by molar-refractivity contribution is 1.11. The maximum Gasteiger partial charge on any atom is -0.0255 e. The summed E-state index contributed by atoms with van der Waals surface area (Å²) in [5.74, 6) is 0. The topological polar surface area (TPSA) is 0 Å². The third-order valence-electron chi connectivity index (χ3n) is 2.01. The molecule has 0 N–H and O–H groups in total. The summed E-state index contributed by atoms with van der Waals surface area (Å²) < 4.78 is 0. The minimum atomic E-state index is 1.13. The molecule has 1 rings (SSSR count). The van der Waals surface area contributed by atoms with Gasteiger partial charge in [-0.15, -0.1) is 0 Å². The molecular formula is C12H16. The molecule has 0 heterocycles. The van der Waals surface area contributed by atoms with Gasteiger partial charge in [-0.3, -0.25) is 0 Å². The van der Waals surface area contributed by atoms with E-state index in [2.05, 4.69) is 51.1 Å². The highest BCUT2D eigenvalue weighted by Crippen LogP contribution is 2.10. The first kappa shape index (κ1) is 9.05. The van der Waals surface area contributed by atoms with Crippen LogP contribution in [-0.4, -0.2) is 0 Å². The lowest BCUT2D eigenvalue weighted by atomic mass is 10.1. The van der Waals surface area contributed by atoms with Crippen LogP contribution < -0.4 is 0 Å². The van der Waals surface area contributed by atoms with E-state index in [1.807, 2.05) is 0 Å². The fraction of sp³-hybridized carbons (Fsp3) is 0.333. The summed E-state index contributed by atoms with van der Waals surface area (Å²) >= 11 is 0. The standard InChI is InChI=1S/C12H16/c1-4-10(2)8-12-7-5-6-11(3)9-12/h5-9H,4H2,1-3H3/b10-8-. The van der Waals surface area contributed by atoms with Gasteiger partial charge in [-0.2, -0.15) is 0 Å². The Labute approximate surface area is 74.9 Å². The van der Waals surface area contributed by atoms with Gasteiger partial charge < -0.3 is 0 Å². The number of rotatable bonds is 2. The maximum absolute atomic E-state index is 2.24. The fourth-order valence-corrected chi connectivity index (χ4v) is 1.15. The first-order valence-corrected chi connectivity index (χ1v) is 4.46. The fourth-order valence-electron chi connectivity index (χ4n) is 1.15. The Hall–Kier alpha value is -1.04. The quantitative estimate of drug-likeness (QED) is 0.617. The second-order valence-corrected chi connectivity index (χ2v) is 3.26. The van der Waals surface area contributed by atoms with Crippen LogP contribution >= 0.6 is 0 Å².